The van der Waals surface area contributed by atoms with Gasteiger partial charge in [0.15, 0.2) is 41.3 Å². The molecule has 0 fully saturated rings. The van der Waals surface area contributed by atoms with Crippen molar-refractivity contribution < 1.29 is 94.4 Å². The van der Waals surface area contributed by atoms with Gasteiger partial charge in [-0.1, -0.05) is 109 Å². The third-order valence-corrected chi connectivity index (χ3v) is 14.7. The first-order chi connectivity index (χ1) is 34.3. The number of alkyl halides is 4. The molecule has 0 amide bonds. The van der Waals surface area contributed by atoms with Gasteiger partial charge < -0.3 is 46.3 Å². The van der Waals surface area contributed by atoms with E-state index in [1.807, 2.05) is 45.2 Å². The van der Waals surface area contributed by atoms with Crippen LogP contribution in [0.5, 0.6) is 11.5 Å². The SMILES string of the molecule is CS(=O)(=O)O[O-].O=C([O-])C(F)(F)Oc1ccc(I)cc1.O=C([O-])C(F)(F)Oc1ccc(I)cc1.[CH3-].[Na+].c1ccc([S+](c2ccccc2)c2ccccc2)cc1.c1ccc([S+](c2ccccc2)c2ccccc2)cc1. The zero-order valence-corrected chi connectivity index (χ0v) is 48.3. The Bertz CT molecular complexity index is 2570. The molecule has 0 bridgehead atoms. The van der Waals surface area contributed by atoms with Crippen molar-refractivity contribution >= 4 is 89.0 Å². The van der Waals surface area contributed by atoms with E-state index in [9.17, 15) is 45.8 Å². The second-order valence-electron chi connectivity index (χ2n) is 14.0. The average Bonchev–Trinajstić information content (AvgIpc) is 3.38. The van der Waals surface area contributed by atoms with Gasteiger partial charge in [-0.3, -0.25) is 0 Å². The standard InChI is InChI=1S/2C18H15S.2C8H5F2IO3.CH4O4S.CH3.Na/c2*1-4-10-16(11-5-1)19(17-12-6-2-7-13-17)18-14-8-3-9-15-18;2*9-8(10,7(12)13)14-6-3-1-5(11)2-4-6;1-6(3,4)5-2;;/h2*1-15H;2*1-4H,(H,12,13);2H,1H3;1H3;/q2*+1;;;;-1;+1/p-3. The Labute approximate surface area is 483 Å². The first kappa shape index (κ1) is 65.2. The summed E-state index contributed by atoms with van der Waals surface area (Å²) in [6.07, 6.45) is -7.92. The molecule has 0 spiro atoms. The summed E-state index contributed by atoms with van der Waals surface area (Å²) in [6.45, 7) is 0. The van der Waals surface area contributed by atoms with E-state index in [0.717, 1.165) is 7.14 Å². The molecule has 0 saturated heterocycles. The first-order valence-corrected chi connectivity index (χ1v) is 27.1. The van der Waals surface area contributed by atoms with Gasteiger partial charge in [-0.05, 0) is 167 Å². The molecule has 0 aromatic heterocycles. The largest absolute Gasteiger partial charge is 1.00 e. The van der Waals surface area contributed by atoms with E-state index in [1.165, 1.54) is 77.9 Å². The number of carbonyl (C=O) groups is 2. The minimum atomic E-state index is -4.30. The van der Waals surface area contributed by atoms with E-state index in [0.29, 0.717) is 6.26 Å². The zero-order valence-electron chi connectivity index (χ0n) is 39.5. The van der Waals surface area contributed by atoms with Gasteiger partial charge in [0.1, 0.15) is 11.5 Å². The minimum Gasteiger partial charge on any atom is -0.707 e. The van der Waals surface area contributed by atoms with Crippen molar-refractivity contribution in [3.05, 3.63) is 245 Å². The summed E-state index contributed by atoms with van der Waals surface area (Å²) in [5.41, 5.74) is 0. The molecule has 0 radical (unpaired) electrons. The van der Waals surface area contributed by atoms with E-state index in [2.05, 4.69) is 196 Å². The van der Waals surface area contributed by atoms with Crippen LogP contribution in [0.25, 0.3) is 0 Å². The molecule has 8 aromatic rings. The first-order valence-electron chi connectivity index (χ1n) is 20.7. The topological polar surface area (TPSA) is 165 Å². The Kier molecular flexibility index (Phi) is 29.2. The summed E-state index contributed by atoms with van der Waals surface area (Å²) < 4.78 is 80.9. The molecule has 0 unspecified atom stereocenters. The molecule has 0 heterocycles. The summed E-state index contributed by atoms with van der Waals surface area (Å²) >= 11 is 3.95. The van der Waals surface area contributed by atoms with Crippen LogP contribution in [0.3, 0.4) is 0 Å². The molecule has 0 aliphatic rings. The fourth-order valence-corrected chi connectivity index (χ4v) is 10.5. The summed E-state index contributed by atoms with van der Waals surface area (Å²) in [5, 5.41) is 28.7. The van der Waals surface area contributed by atoms with E-state index in [4.69, 9.17) is 5.26 Å². The Morgan fingerprint density at radius 2 is 0.608 bits per heavy atom. The van der Waals surface area contributed by atoms with E-state index < -0.39 is 34.3 Å². The second kappa shape index (κ2) is 33.2. The van der Waals surface area contributed by atoms with Crippen LogP contribution in [0.15, 0.2) is 260 Å². The van der Waals surface area contributed by atoms with Gasteiger partial charge in [0, 0.05) is 7.14 Å². The predicted octanol–water partition coefficient (Wildman–Crippen LogP) is 7.28. The molecule has 0 aliphatic heterocycles. The molecule has 8 aromatic carbocycles. The summed E-state index contributed by atoms with van der Waals surface area (Å²) in [5.74, 6) is -5.56. The molecule has 0 aliphatic carbocycles. The van der Waals surface area contributed by atoms with Gasteiger partial charge in [-0.25, -0.2) is 8.42 Å². The maximum Gasteiger partial charge on any atom is 1.00 e. The summed E-state index contributed by atoms with van der Waals surface area (Å²) in [4.78, 5) is 28.0. The fourth-order valence-electron chi connectivity index (χ4n) is 5.54. The van der Waals surface area contributed by atoms with Crippen molar-refractivity contribution in [1.82, 2.24) is 0 Å². The van der Waals surface area contributed by atoms with Crippen molar-refractivity contribution in [3.8, 4) is 11.5 Å². The van der Waals surface area contributed by atoms with Gasteiger partial charge >= 0.3 is 41.8 Å². The fraction of sp³-hybridized carbons (Fsp3) is 0.0556. The maximum atomic E-state index is 12.4. The molecule has 8 rings (SSSR count). The van der Waals surface area contributed by atoms with Crippen LogP contribution in [-0.2, 0) is 45.8 Å². The molecule has 0 N–H and O–H groups in total. The van der Waals surface area contributed by atoms with E-state index >= 15 is 0 Å². The van der Waals surface area contributed by atoms with Crippen LogP contribution >= 0.6 is 45.2 Å². The van der Waals surface area contributed by atoms with Crippen molar-refractivity contribution in [1.29, 1.82) is 0 Å². The van der Waals surface area contributed by atoms with Gasteiger partial charge in [-0.15, -0.1) is 0 Å². The Morgan fingerprint density at radius 1 is 0.432 bits per heavy atom. The van der Waals surface area contributed by atoms with Gasteiger partial charge in [0.25, 0.3) is 10.1 Å². The number of carbonyl (C=O) groups excluding carboxylic acids is 2. The Morgan fingerprint density at radius 3 is 0.757 bits per heavy atom. The maximum absolute atomic E-state index is 12.4. The van der Waals surface area contributed by atoms with Crippen molar-refractivity contribution in [2.75, 3.05) is 6.26 Å². The van der Waals surface area contributed by atoms with Crippen molar-refractivity contribution in [2.45, 2.75) is 41.6 Å². The normalized spacial score (nSPS) is 10.6. The van der Waals surface area contributed by atoms with Gasteiger partial charge in [0.05, 0.1) is 28.0 Å². The van der Waals surface area contributed by atoms with Crippen molar-refractivity contribution in [3.63, 3.8) is 0 Å². The molecular weight excluding hydrogens is 1260 g/mol. The minimum absolute atomic E-state index is 0. The average molecular weight is 1300 g/mol. The van der Waals surface area contributed by atoms with E-state index in [1.54, 1.807) is 0 Å². The van der Waals surface area contributed by atoms with Crippen LogP contribution in [0.4, 0.5) is 17.6 Å². The van der Waals surface area contributed by atoms with Gasteiger partial charge in [0.2, 0.25) is 0 Å². The van der Waals surface area contributed by atoms with Crippen LogP contribution in [0.1, 0.15) is 0 Å². The predicted molar refractivity (Wildman–Crippen MR) is 285 cm³/mol. The zero-order chi connectivity index (χ0) is 52.6. The number of hydrogen-bond donors (Lipinski definition) is 0. The number of ether oxygens (including phenoxy) is 2. The number of carboxylic acid groups (broad SMARTS) is 2. The molecule has 20 heteroatoms. The molecule has 382 valence electrons. The van der Waals surface area contributed by atoms with Gasteiger partial charge in [-0.2, -0.15) is 17.6 Å². The monoisotopic (exact) mass is 1300 g/mol. The number of carboxylic acids is 2. The summed E-state index contributed by atoms with van der Waals surface area (Å²) in [6, 6.07) is 75.4. The van der Waals surface area contributed by atoms with E-state index in [-0.39, 0.29) is 70.3 Å². The van der Waals surface area contributed by atoms with Crippen LogP contribution in [0, 0.1) is 14.6 Å². The quantitative estimate of drug-likeness (QED) is 0.0218. The Balaban J connectivity index is 0.000000326. The third kappa shape index (κ3) is 23.3. The molecule has 0 saturated carbocycles. The molecular formula is C54H44F4I2NaO10S3-. The van der Waals surface area contributed by atoms with Crippen LogP contribution in [-0.4, -0.2) is 38.8 Å². The smallest absolute Gasteiger partial charge is 0.707 e. The second-order valence-corrected chi connectivity index (χ2v) is 22.1. The van der Waals surface area contributed by atoms with Crippen LogP contribution < -0.4 is 54.5 Å². The number of rotatable bonds is 13. The number of halogens is 6. The summed E-state index contributed by atoms with van der Waals surface area (Å²) in [7, 11) is -3.75. The Hall–Kier alpha value is -4.95. The third-order valence-electron chi connectivity index (χ3n) is 8.59. The van der Waals surface area contributed by atoms with Crippen LogP contribution in [0.2, 0.25) is 0 Å². The number of benzene rings is 8. The molecule has 0 atom stereocenters. The molecule has 74 heavy (non-hydrogen) atoms. The number of hydrogen-bond acceptors (Lipinski definition) is 10. The number of aliphatic carboxylic acids is 2. The molecule has 10 nitrogen and oxygen atoms in total. The van der Waals surface area contributed by atoms with Crippen molar-refractivity contribution in [2.24, 2.45) is 0 Å².